The van der Waals surface area contributed by atoms with Crippen LogP contribution in [0.5, 0.6) is 5.75 Å². The Morgan fingerprint density at radius 2 is 2.24 bits per heavy atom. The third-order valence-electron chi connectivity index (χ3n) is 2.95. The van der Waals surface area contributed by atoms with Gasteiger partial charge < -0.3 is 10.5 Å². The van der Waals surface area contributed by atoms with E-state index < -0.39 is 0 Å². The zero-order chi connectivity index (χ0) is 12.5. The molecule has 1 saturated carbocycles. The SMILES string of the molecule is N=C(N)CC1(COc2ccc(F)cc2Br)CC1. The minimum Gasteiger partial charge on any atom is -0.492 e. The second-order valence-corrected chi connectivity index (χ2v) is 5.42. The molecule has 0 atom stereocenters. The summed E-state index contributed by atoms with van der Waals surface area (Å²) in [6.45, 7) is 0.525. The summed E-state index contributed by atoms with van der Waals surface area (Å²) >= 11 is 3.25. The molecule has 1 fully saturated rings. The van der Waals surface area contributed by atoms with Crippen molar-refractivity contribution < 1.29 is 9.13 Å². The van der Waals surface area contributed by atoms with E-state index in [1.807, 2.05) is 0 Å². The second-order valence-electron chi connectivity index (χ2n) is 4.57. The van der Waals surface area contributed by atoms with Gasteiger partial charge in [-0.25, -0.2) is 4.39 Å². The van der Waals surface area contributed by atoms with E-state index in [4.69, 9.17) is 15.9 Å². The summed E-state index contributed by atoms with van der Waals surface area (Å²) in [6.07, 6.45) is 2.64. The van der Waals surface area contributed by atoms with Gasteiger partial charge in [-0.3, -0.25) is 5.41 Å². The van der Waals surface area contributed by atoms with E-state index in [1.54, 1.807) is 6.07 Å². The predicted octanol–water partition coefficient (Wildman–Crippen LogP) is 3.07. The molecule has 0 heterocycles. The number of benzene rings is 1. The number of halogens is 2. The van der Waals surface area contributed by atoms with Crippen molar-refractivity contribution in [2.24, 2.45) is 11.1 Å². The first-order valence-corrected chi connectivity index (χ1v) is 6.21. The summed E-state index contributed by atoms with van der Waals surface area (Å²) in [5, 5.41) is 7.31. The highest BCUT2D eigenvalue weighted by Crippen LogP contribution is 2.49. The van der Waals surface area contributed by atoms with E-state index in [9.17, 15) is 4.39 Å². The van der Waals surface area contributed by atoms with Crippen molar-refractivity contribution in [3.05, 3.63) is 28.5 Å². The lowest BCUT2D eigenvalue weighted by Gasteiger charge is -2.16. The molecule has 1 aliphatic carbocycles. The number of hydrogen-bond acceptors (Lipinski definition) is 2. The Morgan fingerprint density at radius 3 is 2.76 bits per heavy atom. The Hall–Kier alpha value is -1.10. The smallest absolute Gasteiger partial charge is 0.133 e. The van der Waals surface area contributed by atoms with E-state index in [1.165, 1.54) is 12.1 Å². The van der Waals surface area contributed by atoms with Crippen LogP contribution < -0.4 is 10.5 Å². The molecule has 1 aromatic rings. The molecular weight excluding hydrogens is 287 g/mol. The molecule has 3 N–H and O–H groups in total. The number of amidine groups is 1. The summed E-state index contributed by atoms with van der Waals surface area (Å²) in [5.74, 6) is 0.527. The number of rotatable bonds is 5. The number of nitrogens with two attached hydrogens (primary N) is 1. The third-order valence-corrected chi connectivity index (χ3v) is 3.57. The fourth-order valence-corrected chi connectivity index (χ4v) is 2.24. The topological polar surface area (TPSA) is 59.1 Å². The summed E-state index contributed by atoms with van der Waals surface area (Å²) in [7, 11) is 0. The maximum atomic E-state index is 12.9. The van der Waals surface area contributed by atoms with Crippen LogP contribution >= 0.6 is 15.9 Å². The third kappa shape index (κ3) is 3.19. The molecule has 17 heavy (non-hydrogen) atoms. The molecule has 0 spiro atoms. The van der Waals surface area contributed by atoms with Crippen LogP contribution in [0.4, 0.5) is 4.39 Å². The molecule has 0 saturated heterocycles. The average Bonchev–Trinajstić information content (AvgIpc) is 2.96. The molecule has 0 aromatic heterocycles. The van der Waals surface area contributed by atoms with Gasteiger partial charge in [0, 0.05) is 11.8 Å². The number of hydrogen-bond donors (Lipinski definition) is 2. The van der Waals surface area contributed by atoms with Gasteiger partial charge in [-0.05, 0) is 47.0 Å². The van der Waals surface area contributed by atoms with Crippen molar-refractivity contribution in [1.82, 2.24) is 0 Å². The van der Waals surface area contributed by atoms with E-state index in [2.05, 4.69) is 15.9 Å². The molecule has 5 heteroatoms. The highest BCUT2D eigenvalue weighted by atomic mass is 79.9. The summed E-state index contributed by atoms with van der Waals surface area (Å²) in [5.41, 5.74) is 5.43. The lowest BCUT2D eigenvalue weighted by molar-refractivity contribution is 0.237. The van der Waals surface area contributed by atoms with Crippen molar-refractivity contribution in [2.45, 2.75) is 19.3 Å². The fraction of sp³-hybridized carbons (Fsp3) is 0.417. The van der Waals surface area contributed by atoms with Crippen LogP contribution in [-0.2, 0) is 0 Å². The van der Waals surface area contributed by atoms with Crippen LogP contribution in [0.2, 0.25) is 0 Å². The van der Waals surface area contributed by atoms with Gasteiger partial charge in [-0.1, -0.05) is 0 Å². The molecule has 1 aliphatic rings. The first kappa shape index (κ1) is 12.4. The molecule has 0 bridgehead atoms. The van der Waals surface area contributed by atoms with Crippen molar-refractivity contribution in [1.29, 1.82) is 5.41 Å². The standard InChI is InChI=1S/C12H14BrFN2O/c13-9-5-8(14)1-2-10(9)17-7-12(3-4-12)6-11(15)16/h1-2,5H,3-4,6-7H2,(H3,15,16). The van der Waals surface area contributed by atoms with E-state index in [0.29, 0.717) is 23.2 Å². The largest absolute Gasteiger partial charge is 0.492 e. The molecular formula is C12H14BrFN2O. The molecule has 0 radical (unpaired) electrons. The molecule has 92 valence electrons. The Morgan fingerprint density at radius 1 is 1.53 bits per heavy atom. The minimum atomic E-state index is -0.297. The van der Waals surface area contributed by atoms with Crippen molar-refractivity contribution in [3.63, 3.8) is 0 Å². The fourth-order valence-electron chi connectivity index (χ4n) is 1.78. The summed E-state index contributed by atoms with van der Waals surface area (Å²) in [4.78, 5) is 0. The van der Waals surface area contributed by atoms with Gasteiger partial charge >= 0.3 is 0 Å². The maximum absolute atomic E-state index is 12.9. The number of ether oxygens (including phenoxy) is 1. The Balaban J connectivity index is 1.96. The zero-order valence-corrected chi connectivity index (χ0v) is 10.9. The van der Waals surface area contributed by atoms with Crippen LogP contribution in [0.15, 0.2) is 22.7 Å². The van der Waals surface area contributed by atoms with Gasteiger partial charge in [-0.2, -0.15) is 0 Å². The minimum absolute atomic E-state index is 0.0274. The summed E-state index contributed by atoms with van der Waals surface area (Å²) in [6, 6.07) is 4.34. The van der Waals surface area contributed by atoms with Gasteiger partial charge in [0.1, 0.15) is 11.6 Å². The monoisotopic (exact) mass is 300 g/mol. The lowest BCUT2D eigenvalue weighted by atomic mass is 10.0. The Kier molecular flexibility index (Phi) is 3.38. The lowest BCUT2D eigenvalue weighted by Crippen LogP contribution is -2.21. The maximum Gasteiger partial charge on any atom is 0.133 e. The highest BCUT2D eigenvalue weighted by Gasteiger charge is 2.44. The quantitative estimate of drug-likeness (QED) is 0.648. The van der Waals surface area contributed by atoms with Gasteiger partial charge in [-0.15, -0.1) is 0 Å². The normalized spacial score (nSPS) is 16.6. The van der Waals surface area contributed by atoms with Crippen molar-refractivity contribution in [2.75, 3.05) is 6.61 Å². The summed E-state index contributed by atoms with van der Waals surface area (Å²) < 4.78 is 19.1. The van der Waals surface area contributed by atoms with Gasteiger partial charge in [0.05, 0.1) is 16.9 Å². The van der Waals surface area contributed by atoms with Crippen LogP contribution in [0.3, 0.4) is 0 Å². The molecule has 0 amide bonds. The van der Waals surface area contributed by atoms with Crippen LogP contribution in [0.25, 0.3) is 0 Å². The van der Waals surface area contributed by atoms with Gasteiger partial charge in [0.15, 0.2) is 0 Å². The average molecular weight is 301 g/mol. The second kappa shape index (κ2) is 4.64. The zero-order valence-electron chi connectivity index (χ0n) is 9.30. The Bertz CT molecular complexity index is 446. The van der Waals surface area contributed by atoms with Crippen molar-refractivity contribution >= 4 is 21.8 Å². The van der Waals surface area contributed by atoms with E-state index >= 15 is 0 Å². The van der Waals surface area contributed by atoms with Crippen molar-refractivity contribution in [3.8, 4) is 5.75 Å². The van der Waals surface area contributed by atoms with E-state index in [0.717, 1.165) is 12.8 Å². The molecule has 0 aliphatic heterocycles. The molecule has 0 unspecified atom stereocenters. The van der Waals surface area contributed by atoms with Crippen LogP contribution in [0.1, 0.15) is 19.3 Å². The Labute approximate surface area is 108 Å². The molecule has 3 nitrogen and oxygen atoms in total. The predicted molar refractivity (Wildman–Crippen MR) is 67.8 cm³/mol. The molecule has 1 aromatic carbocycles. The molecule has 2 rings (SSSR count). The van der Waals surface area contributed by atoms with Crippen LogP contribution in [-0.4, -0.2) is 12.4 Å². The first-order valence-electron chi connectivity index (χ1n) is 5.42. The first-order chi connectivity index (χ1) is 8.01. The number of nitrogens with one attached hydrogen (secondary N) is 1. The van der Waals surface area contributed by atoms with Gasteiger partial charge in [0.25, 0.3) is 0 Å². The van der Waals surface area contributed by atoms with E-state index in [-0.39, 0.29) is 17.1 Å². The van der Waals surface area contributed by atoms with Gasteiger partial charge in [0.2, 0.25) is 0 Å². The van der Waals surface area contributed by atoms with Crippen LogP contribution in [0, 0.1) is 16.6 Å². The highest BCUT2D eigenvalue weighted by molar-refractivity contribution is 9.10.